The maximum Gasteiger partial charge on any atom is 0.119 e. The number of methoxy groups -OCH3 is 1. The Kier molecular flexibility index (Phi) is 6.73. The van der Waals surface area contributed by atoms with Gasteiger partial charge in [-0.1, -0.05) is 42.5 Å². The van der Waals surface area contributed by atoms with Crippen molar-refractivity contribution in [3.63, 3.8) is 0 Å². The molecule has 0 aromatic heterocycles. The molecule has 0 heterocycles. The van der Waals surface area contributed by atoms with E-state index in [9.17, 15) is 10.5 Å². The van der Waals surface area contributed by atoms with E-state index >= 15 is 0 Å². The molecule has 4 aromatic carbocycles. The molecule has 0 aliphatic carbocycles. The maximum atomic E-state index is 9.47. The molecule has 0 unspecified atom stereocenters. The van der Waals surface area contributed by atoms with Gasteiger partial charge in [0.05, 0.1) is 30.4 Å². The van der Waals surface area contributed by atoms with Gasteiger partial charge in [0.15, 0.2) is 0 Å². The van der Waals surface area contributed by atoms with Crippen LogP contribution in [-0.2, 0) is 0 Å². The summed E-state index contributed by atoms with van der Waals surface area (Å²) in [5, 5.41) is 18.8. The molecule has 4 nitrogen and oxygen atoms in total. The number of rotatable bonds is 6. The monoisotopic (exact) mass is 441 g/mol. The number of nitrogens with zero attached hydrogens (tertiary/aromatic N) is 3. The Balaban J connectivity index is 1.66. The molecule has 0 atom stereocenters. The van der Waals surface area contributed by atoms with Gasteiger partial charge >= 0.3 is 0 Å². The first-order valence-corrected chi connectivity index (χ1v) is 10.8. The number of hydrogen-bond acceptors (Lipinski definition) is 4. The second-order valence-electron chi connectivity index (χ2n) is 7.77. The first-order valence-electron chi connectivity index (χ1n) is 10.8. The van der Waals surface area contributed by atoms with E-state index in [0.29, 0.717) is 11.1 Å². The van der Waals surface area contributed by atoms with E-state index in [4.69, 9.17) is 4.74 Å². The minimum absolute atomic E-state index is 0.555. The van der Waals surface area contributed by atoms with Gasteiger partial charge in [-0.25, -0.2) is 0 Å². The highest BCUT2D eigenvalue weighted by molar-refractivity contribution is 5.79. The Morgan fingerprint density at radius 1 is 0.706 bits per heavy atom. The van der Waals surface area contributed by atoms with Crippen molar-refractivity contribution in [2.24, 2.45) is 0 Å². The molecule has 0 saturated carbocycles. The average Bonchev–Trinajstić information content (AvgIpc) is 2.89. The third kappa shape index (κ3) is 4.83. The molecule has 34 heavy (non-hydrogen) atoms. The van der Waals surface area contributed by atoms with E-state index in [1.807, 2.05) is 73.7 Å². The second-order valence-corrected chi connectivity index (χ2v) is 7.77. The van der Waals surface area contributed by atoms with Crippen LogP contribution in [-0.4, -0.2) is 7.11 Å². The minimum Gasteiger partial charge on any atom is -0.497 e. The van der Waals surface area contributed by atoms with E-state index < -0.39 is 0 Å². The van der Waals surface area contributed by atoms with Gasteiger partial charge in [-0.05, 0) is 84.3 Å². The van der Waals surface area contributed by atoms with Crippen LogP contribution in [0.4, 0.5) is 17.1 Å². The molecule has 0 fully saturated rings. The number of aryl methyl sites for hydroxylation is 1. The van der Waals surface area contributed by atoms with Crippen LogP contribution in [0.2, 0.25) is 0 Å². The maximum absolute atomic E-state index is 9.47. The van der Waals surface area contributed by atoms with E-state index in [-0.39, 0.29) is 0 Å². The summed E-state index contributed by atoms with van der Waals surface area (Å²) < 4.78 is 5.31. The number of benzene rings is 4. The topological polar surface area (TPSA) is 60.0 Å². The lowest BCUT2D eigenvalue weighted by molar-refractivity contribution is 0.415. The summed E-state index contributed by atoms with van der Waals surface area (Å²) in [5.74, 6) is 0.810. The molecule has 0 N–H and O–H groups in total. The molecule has 4 rings (SSSR count). The predicted molar refractivity (Wildman–Crippen MR) is 137 cm³/mol. The lowest BCUT2D eigenvalue weighted by Crippen LogP contribution is -2.09. The van der Waals surface area contributed by atoms with Crippen LogP contribution in [0.3, 0.4) is 0 Å². The molecule has 0 aliphatic rings. The van der Waals surface area contributed by atoms with E-state index in [1.165, 1.54) is 0 Å². The van der Waals surface area contributed by atoms with E-state index in [1.54, 1.807) is 19.2 Å². The summed E-state index contributed by atoms with van der Waals surface area (Å²) in [4.78, 5) is 2.18. The lowest BCUT2D eigenvalue weighted by atomic mass is 9.99. The van der Waals surface area contributed by atoms with Crippen molar-refractivity contribution >= 4 is 29.2 Å². The van der Waals surface area contributed by atoms with Crippen molar-refractivity contribution in [2.45, 2.75) is 6.92 Å². The van der Waals surface area contributed by atoms with E-state index in [0.717, 1.165) is 39.5 Å². The Hall–Kier alpha value is -4.80. The number of para-hydroxylation sites is 1. The zero-order chi connectivity index (χ0) is 23.9. The summed E-state index contributed by atoms with van der Waals surface area (Å²) in [6, 6.07) is 34.3. The minimum atomic E-state index is 0.555. The van der Waals surface area contributed by atoms with Gasteiger partial charge in [0, 0.05) is 17.1 Å². The lowest BCUT2D eigenvalue weighted by Gasteiger charge is -2.25. The summed E-state index contributed by atoms with van der Waals surface area (Å²) in [7, 11) is 1.66. The zero-order valence-corrected chi connectivity index (χ0v) is 19.1. The molecule has 0 spiro atoms. The average molecular weight is 442 g/mol. The summed E-state index contributed by atoms with van der Waals surface area (Å²) >= 11 is 0. The molecule has 0 saturated heterocycles. The molecule has 0 bridgehead atoms. The van der Waals surface area contributed by atoms with Gasteiger partial charge in [-0.3, -0.25) is 0 Å². The normalized spacial score (nSPS) is 10.5. The summed E-state index contributed by atoms with van der Waals surface area (Å²) in [6.45, 7) is 1.84. The molecule has 0 amide bonds. The predicted octanol–water partition coefficient (Wildman–Crippen LogP) is 7.39. The highest BCUT2D eigenvalue weighted by Crippen LogP contribution is 2.35. The van der Waals surface area contributed by atoms with Crippen LogP contribution >= 0.6 is 0 Å². The van der Waals surface area contributed by atoms with Crippen molar-refractivity contribution in [3.05, 3.63) is 119 Å². The fraction of sp³-hybridized carbons (Fsp3) is 0.0667. The Morgan fingerprint density at radius 3 is 1.88 bits per heavy atom. The first-order chi connectivity index (χ1) is 16.6. The Bertz CT molecular complexity index is 1390. The number of nitriles is 2. The van der Waals surface area contributed by atoms with Crippen LogP contribution in [0.15, 0.2) is 91.0 Å². The third-order valence-corrected chi connectivity index (χ3v) is 5.59. The molecular weight excluding hydrogens is 418 g/mol. The van der Waals surface area contributed by atoms with Crippen molar-refractivity contribution in [2.75, 3.05) is 12.0 Å². The van der Waals surface area contributed by atoms with Crippen LogP contribution in [0.1, 0.15) is 27.8 Å². The van der Waals surface area contributed by atoms with Crippen molar-refractivity contribution in [1.29, 1.82) is 10.5 Å². The van der Waals surface area contributed by atoms with Gasteiger partial charge in [-0.2, -0.15) is 10.5 Å². The van der Waals surface area contributed by atoms with Crippen LogP contribution in [0.25, 0.3) is 12.2 Å². The molecular formula is C30H23N3O. The molecule has 4 aromatic rings. The summed E-state index contributed by atoms with van der Waals surface area (Å²) in [6.07, 6.45) is 3.84. The number of anilines is 3. The number of hydrogen-bond donors (Lipinski definition) is 0. The quantitative estimate of drug-likeness (QED) is 0.293. The number of ether oxygens (including phenoxy) is 1. The van der Waals surface area contributed by atoms with Crippen LogP contribution < -0.4 is 9.64 Å². The van der Waals surface area contributed by atoms with Crippen LogP contribution in [0.5, 0.6) is 5.75 Å². The first kappa shape index (κ1) is 22.4. The van der Waals surface area contributed by atoms with Gasteiger partial charge in [0.2, 0.25) is 0 Å². The molecule has 4 heteroatoms. The highest BCUT2D eigenvalue weighted by Gasteiger charge is 2.12. The van der Waals surface area contributed by atoms with E-state index in [2.05, 4.69) is 41.3 Å². The van der Waals surface area contributed by atoms with Gasteiger partial charge in [0.1, 0.15) is 5.75 Å². The zero-order valence-electron chi connectivity index (χ0n) is 19.1. The molecule has 0 aliphatic heterocycles. The Morgan fingerprint density at radius 2 is 1.29 bits per heavy atom. The molecule has 164 valence electrons. The fourth-order valence-corrected chi connectivity index (χ4v) is 3.76. The second kappa shape index (κ2) is 10.2. The van der Waals surface area contributed by atoms with Crippen molar-refractivity contribution in [3.8, 4) is 17.9 Å². The smallest absolute Gasteiger partial charge is 0.119 e. The van der Waals surface area contributed by atoms with Crippen molar-refractivity contribution in [1.82, 2.24) is 0 Å². The standard InChI is InChI=1S/C30H23N3O/c1-22-18-26(21-32)24(19-25(22)20-31)11-8-23-9-12-28(13-10-23)33(27-6-4-3-5-7-27)29-14-16-30(34-2)17-15-29/h3-19H,1-2H3. The van der Waals surface area contributed by atoms with Crippen molar-refractivity contribution < 1.29 is 4.74 Å². The summed E-state index contributed by atoms with van der Waals surface area (Å²) in [5.41, 5.74) is 6.77. The van der Waals surface area contributed by atoms with Gasteiger partial charge in [0.25, 0.3) is 0 Å². The van der Waals surface area contributed by atoms with Gasteiger partial charge in [-0.15, -0.1) is 0 Å². The fourth-order valence-electron chi connectivity index (χ4n) is 3.76. The van der Waals surface area contributed by atoms with Gasteiger partial charge < -0.3 is 9.64 Å². The SMILES string of the molecule is COc1ccc(N(c2ccccc2)c2ccc(C=Cc3cc(C#N)c(C)cc3C#N)cc2)cc1. The Labute approximate surface area is 200 Å². The molecule has 0 radical (unpaired) electrons. The highest BCUT2D eigenvalue weighted by atomic mass is 16.5. The van der Waals surface area contributed by atoms with Crippen LogP contribution in [0, 0.1) is 29.6 Å². The largest absolute Gasteiger partial charge is 0.497 e. The third-order valence-electron chi connectivity index (χ3n) is 5.59.